The van der Waals surface area contributed by atoms with Crippen LogP contribution in [0.25, 0.3) is 0 Å². The largest absolute Gasteiger partial charge is 0.317 e. The van der Waals surface area contributed by atoms with Crippen molar-refractivity contribution in [3.63, 3.8) is 0 Å². The minimum absolute atomic E-state index is 1.17. The summed E-state index contributed by atoms with van der Waals surface area (Å²) in [6, 6.07) is 6.50. The van der Waals surface area contributed by atoms with Gasteiger partial charge in [0.1, 0.15) is 0 Å². The molecule has 1 heteroatoms. The zero-order valence-electron chi connectivity index (χ0n) is 11.6. The molecule has 0 amide bonds. The molecule has 1 aromatic carbocycles. The molecule has 0 saturated carbocycles. The Labute approximate surface area is 101 Å². The molecule has 1 nitrogen and oxygen atoms in total. The minimum Gasteiger partial charge on any atom is -0.317 e. The lowest BCUT2D eigenvalue weighted by molar-refractivity contribution is 0.662. The van der Waals surface area contributed by atoms with E-state index in [0.29, 0.717) is 0 Å². The van der Waals surface area contributed by atoms with Gasteiger partial charge < -0.3 is 5.32 Å². The Kier molecular flexibility index (Phi) is 8.93. The van der Waals surface area contributed by atoms with Crippen molar-refractivity contribution in [2.24, 2.45) is 0 Å². The first-order valence-corrected chi connectivity index (χ1v) is 6.36. The zero-order chi connectivity index (χ0) is 12.4. The highest BCUT2D eigenvalue weighted by molar-refractivity contribution is 5.28. The third-order valence-corrected chi connectivity index (χ3v) is 2.52. The first-order valence-electron chi connectivity index (χ1n) is 6.36. The Balaban J connectivity index is 0.000000293. The van der Waals surface area contributed by atoms with Gasteiger partial charge in [-0.05, 0) is 57.8 Å². The summed E-state index contributed by atoms with van der Waals surface area (Å²) in [6.45, 7) is 13.1. The maximum Gasteiger partial charge on any atom is -0.00516 e. The number of aryl methyl sites for hydroxylation is 3. The Morgan fingerprint density at radius 1 is 0.875 bits per heavy atom. The lowest BCUT2D eigenvalue weighted by Crippen LogP contribution is -2.14. The molecule has 0 saturated heterocycles. The summed E-state index contributed by atoms with van der Waals surface area (Å²) >= 11 is 0. The number of benzene rings is 1. The van der Waals surface area contributed by atoms with Crippen molar-refractivity contribution >= 4 is 0 Å². The fourth-order valence-electron chi connectivity index (χ4n) is 1.37. The van der Waals surface area contributed by atoms with E-state index in [4.69, 9.17) is 0 Å². The maximum absolute atomic E-state index is 3.28. The van der Waals surface area contributed by atoms with Crippen molar-refractivity contribution in [3.8, 4) is 0 Å². The van der Waals surface area contributed by atoms with Crippen LogP contribution < -0.4 is 5.32 Å². The van der Waals surface area contributed by atoms with Gasteiger partial charge in [0.25, 0.3) is 0 Å². The number of rotatable bonds is 4. The molecule has 92 valence electrons. The van der Waals surface area contributed by atoms with Crippen LogP contribution in [0.3, 0.4) is 0 Å². The smallest absolute Gasteiger partial charge is 0.00516 e. The molecule has 0 radical (unpaired) electrons. The molecule has 0 aliphatic rings. The third kappa shape index (κ3) is 7.47. The number of hydrogen-bond donors (Lipinski definition) is 1. The Bertz CT molecular complexity index is 275. The van der Waals surface area contributed by atoms with Crippen molar-refractivity contribution in [1.29, 1.82) is 0 Å². The Morgan fingerprint density at radius 2 is 1.44 bits per heavy atom. The van der Waals surface area contributed by atoms with Gasteiger partial charge in [-0.3, -0.25) is 0 Å². The first-order chi connectivity index (χ1) is 7.61. The topological polar surface area (TPSA) is 12.0 Å². The van der Waals surface area contributed by atoms with E-state index in [1.54, 1.807) is 0 Å². The fourth-order valence-corrected chi connectivity index (χ4v) is 1.37. The fraction of sp³-hybridized carbons (Fsp3) is 0.600. The van der Waals surface area contributed by atoms with E-state index >= 15 is 0 Å². The highest BCUT2D eigenvalue weighted by atomic mass is 14.8. The van der Waals surface area contributed by atoms with E-state index in [1.165, 1.54) is 42.6 Å². The van der Waals surface area contributed by atoms with Crippen molar-refractivity contribution in [3.05, 3.63) is 34.9 Å². The lowest BCUT2D eigenvalue weighted by atomic mass is 10.1. The summed E-state index contributed by atoms with van der Waals surface area (Å²) in [5.74, 6) is 0. The van der Waals surface area contributed by atoms with E-state index in [2.05, 4.69) is 58.1 Å². The highest BCUT2D eigenvalue weighted by Gasteiger charge is 1.89. The van der Waals surface area contributed by atoms with E-state index in [-0.39, 0.29) is 0 Å². The summed E-state index contributed by atoms with van der Waals surface area (Å²) < 4.78 is 0. The van der Waals surface area contributed by atoms with Crippen LogP contribution in [-0.2, 0) is 0 Å². The highest BCUT2D eigenvalue weighted by Crippen LogP contribution is 2.07. The zero-order valence-corrected chi connectivity index (χ0v) is 11.6. The van der Waals surface area contributed by atoms with E-state index in [1.807, 2.05) is 0 Å². The van der Waals surface area contributed by atoms with E-state index in [9.17, 15) is 0 Å². The molecular weight excluding hydrogens is 194 g/mol. The second kappa shape index (κ2) is 9.41. The van der Waals surface area contributed by atoms with Gasteiger partial charge in [-0.2, -0.15) is 0 Å². The van der Waals surface area contributed by atoms with Gasteiger partial charge in [0.15, 0.2) is 0 Å². The SMILES string of the molecule is CCCNCCC.Cc1ccc(C)c(C)c1. The van der Waals surface area contributed by atoms with Gasteiger partial charge in [-0.1, -0.05) is 37.6 Å². The summed E-state index contributed by atoms with van der Waals surface area (Å²) in [4.78, 5) is 0. The molecule has 0 aromatic heterocycles. The van der Waals surface area contributed by atoms with Gasteiger partial charge in [0.2, 0.25) is 0 Å². The number of nitrogens with one attached hydrogen (secondary N) is 1. The van der Waals surface area contributed by atoms with Gasteiger partial charge in [0, 0.05) is 0 Å². The Morgan fingerprint density at radius 3 is 1.81 bits per heavy atom. The predicted octanol–water partition coefficient (Wildman–Crippen LogP) is 4.01. The first kappa shape index (κ1) is 15.2. The maximum atomic E-state index is 3.28. The molecule has 1 rings (SSSR count). The van der Waals surface area contributed by atoms with E-state index in [0.717, 1.165) is 0 Å². The minimum atomic E-state index is 1.17. The van der Waals surface area contributed by atoms with E-state index < -0.39 is 0 Å². The van der Waals surface area contributed by atoms with Crippen molar-refractivity contribution in [1.82, 2.24) is 5.32 Å². The second-order valence-electron chi connectivity index (χ2n) is 4.34. The van der Waals surface area contributed by atoms with Crippen molar-refractivity contribution in [2.75, 3.05) is 13.1 Å². The van der Waals surface area contributed by atoms with Crippen LogP contribution in [0.2, 0.25) is 0 Å². The lowest BCUT2D eigenvalue weighted by Gasteiger charge is -1.98. The van der Waals surface area contributed by atoms with Crippen molar-refractivity contribution in [2.45, 2.75) is 47.5 Å². The molecule has 0 aliphatic heterocycles. The van der Waals surface area contributed by atoms with Crippen LogP contribution >= 0.6 is 0 Å². The van der Waals surface area contributed by atoms with Gasteiger partial charge in [0.05, 0.1) is 0 Å². The van der Waals surface area contributed by atoms with Crippen LogP contribution in [0.4, 0.5) is 0 Å². The molecule has 0 heterocycles. The molecule has 16 heavy (non-hydrogen) atoms. The van der Waals surface area contributed by atoms with Crippen LogP contribution in [0.15, 0.2) is 18.2 Å². The van der Waals surface area contributed by atoms with Crippen LogP contribution in [-0.4, -0.2) is 13.1 Å². The second-order valence-corrected chi connectivity index (χ2v) is 4.34. The standard InChI is InChI=1S/C9H12.C6H15N/c1-7-4-5-8(2)9(3)6-7;1-3-5-7-6-4-2/h4-6H,1-3H3;7H,3-6H2,1-2H3. The molecule has 0 bridgehead atoms. The molecule has 1 aromatic rings. The van der Waals surface area contributed by atoms with Gasteiger partial charge in [-0.25, -0.2) is 0 Å². The molecule has 0 spiro atoms. The molecular formula is C15H27N. The van der Waals surface area contributed by atoms with Crippen LogP contribution in [0, 0.1) is 20.8 Å². The summed E-state index contributed by atoms with van der Waals surface area (Å²) in [5.41, 5.74) is 4.11. The average molecular weight is 221 g/mol. The van der Waals surface area contributed by atoms with Crippen molar-refractivity contribution < 1.29 is 0 Å². The summed E-state index contributed by atoms with van der Waals surface area (Å²) in [7, 11) is 0. The molecule has 1 N–H and O–H groups in total. The Hall–Kier alpha value is -0.820. The average Bonchev–Trinajstić information content (AvgIpc) is 2.26. The molecule has 0 atom stereocenters. The molecule has 0 fully saturated rings. The van der Waals surface area contributed by atoms with Crippen LogP contribution in [0.1, 0.15) is 43.4 Å². The van der Waals surface area contributed by atoms with Gasteiger partial charge >= 0.3 is 0 Å². The number of hydrogen-bond acceptors (Lipinski definition) is 1. The van der Waals surface area contributed by atoms with Crippen LogP contribution in [0.5, 0.6) is 0 Å². The normalized spacial score (nSPS) is 9.56. The third-order valence-electron chi connectivity index (χ3n) is 2.52. The molecule has 0 aliphatic carbocycles. The monoisotopic (exact) mass is 221 g/mol. The summed E-state index contributed by atoms with van der Waals surface area (Å²) in [6.07, 6.45) is 2.50. The van der Waals surface area contributed by atoms with Gasteiger partial charge in [-0.15, -0.1) is 0 Å². The quantitative estimate of drug-likeness (QED) is 0.758. The summed E-state index contributed by atoms with van der Waals surface area (Å²) in [5, 5.41) is 3.28. The predicted molar refractivity (Wildman–Crippen MR) is 74.1 cm³/mol. The molecule has 0 unspecified atom stereocenters.